The fourth-order valence-corrected chi connectivity index (χ4v) is 4.01. The van der Waals surface area contributed by atoms with Gasteiger partial charge in [-0.3, -0.25) is 4.79 Å². The van der Waals surface area contributed by atoms with Crippen LogP contribution in [-0.2, 0) is 4.79 Å². The van der Waals surface area contributed by atoms with E-state index in [1.165, 1.54) is 0 Å². The summed E-state index contributed by atoms with van der Waals surface area (Å²) in [6, 6.07) is 0. The van der Waals surface area contributed by atoms with Gasteiger partial charge in [-0.1, -0.05) is 0 Å². The molecule has 0 aliphatic carbocycles. The largest absolute Gasteiger partial charge is 0.494 e. The van der Waals surface area contributed by atoms with E-state index < -0.39 is 0 Å². The lowest BCUT2D eigenvalue weighted by Crippen LogP contribution is -2.41. The van der Waals surface area contributed by atoms with Crippen LogP contribution in [-0.4, -0.2) is 65.6 Å². The Morgan fingerprint density at radius 1 is 1.22 bits per heavy atom. The van der Waals surface area contributed by atoms with E-state index in [-0.39, 0.29) is 0 Å². The standard InChI is InChI=1S/C16H24N4O2S/c1-22-14-11-17-16(18-12-14)20-4-2-13(3-5-20)10-15(21)19-6-8-23-9-7-19/h11-13H,2-10H2,1H3. The Bertz CT molecular complexity index is 511. The molecule has 0 atom stereocenters. The summed E-state index contributed by atoms with van der Waals surface area (Å²) in [6.07, 6.45) is 6.16. The predicted molar refractivity (Wildman–Crippen MR) is 92.0 cm³/mol. The summed E-state index contributed by atoms with van der Waals surface area (Å²) in [5, 5.41) is 0. The predicted octanol–water partition coefficient (Wildman–Crippen LogP) is 1.67. The summed E-state index contributed by atoms with van der Waals surface area (Å²) in [7, 11) is 1.61. The van der Waals surface area contributed by atoms with Gasteiger partial charge in [-0.05, 0) is 18.8 Å². The molecule has 0 saturated carbocycles. The number of ether oxygens (including phenoxy) is 1. The Labute approximate surface area is 141 Å². The van der Waals surface area contributed by atoms with Gasteiger partial charge in [-0.15, -0.1) is 0 Å². The summed E-state index contributed by atoms with van der Waals surface area (Å²) in [4.78, 5) is 25.3. The molecule has 0 aromatic carbocycles. The van der Waals surface area contributed by atoms with Crippen molar-refractivity contribution >= 4 is 23.6 Å². The number of thioether (sulfide) groups is 1. The monoisotopic (exact) mass is 336 g/mol. The molecule has 2 fully saturated rings. The van der Waals surface area contributed by atoms with Crippen molar-refractivity contribution in [3.8, 4) is 5.75 Å². The van der Waals surface area contributed by atoms with Crippen molar-refractivity contribution in [3.05, 3.63) is 12.4 Å². The maximum absolute atomic E-state index is 12.4. The first-order valence-electron chi connectivity index (χ1n) is 8.23. The van der Waals surface area contributed by atoms with Crippen molar-refractivity contribution in [2.24, 2.45) is 5.92 Å². The van der Waals surface area contributed by atoms with Gasteiger partial charge in [0.15, 0.2) is 5.75 Å². The Kier molecular flexibility index (Phi) is 5.59. The van der Waals surface area contributed by atoms with E-state index in [4.69, 9.17) is 4.74 Å². The molecule has 126 valence electrons. The topological polar surface area (TPSA) is 58.6 Å². The molecule has 2 aliphatic heterocycles. The molecule has 0 unspecified atom stereocenters. The molecule has 3 rings (SSSR count). The molecule has 7 heteroatoms. The number of hydrogen-bond donors (Lipinski definition) is 0. The highest BCUT2D eigenvalue weighted by Crippen LogP contribution is 2.24. The molecule has 0 N–H and O–H groups in total. The lowest BCUT2D eigenvalue weighted by molar-refractivity contribution is -0.132. The number of hydrogen-bond acceptors (Lipinski definition) is 6. The molecular weight excluding hydrogens is 312 g/mol. The first-order chi connectivity index (χ1) is 11.3. The number of nitrogens with zero attached hydrogens (tertiary/aromatic N) is 4. The van der Waals surface area contributed by atoms with Gasteiger partial charge in [0.2, 0.25) is 11.9 Å². The van der Waals surface area contributed by atoms with E-state index in [1.807, 2.05) is 16.7 Å². The highest BCUT2D eigenvalue weighted by atomic mass is 32.2. The van der Waals surface area contributed by atoms with Crippen molar-refractivity contribution in [2.45, 2.75) is 19.3 Å². The Morgan fingerprint density at radius 3 is 2.48 bits per heavy atom. The number of rotatable bonds is 4. The minimum Gasteiger partial charge on any atom is -0.494 e. The zero-order valence-electron chi connectivity index (χ0n) is 13.6. The van der Waals surface area contributed by atoms with Gasteiger partial charge in [-0.2, -0.15) is 11.8 Å². The van der Waals surface area contributed by atoms with Crippen LogP contribution in [0.3, 0.4) is 0 Å². The molecule has 23 heavy (non-hydrogen) atoms. The van der Waals surface area contributed by atoms with Crippen LogP contribution < -0.4 is 9.64 Å². The number of amides is 1. The van der Waals surface area contributed by atoms with Crippen LogP contribution in [0, 0.1) is 5.92 Å². The van der Waals surface area contributed by atoms with E-state index >= 15 is 0 Å². The van der Waals surface area contributed by atoms with Gasteiger partial charge in [0.05, 0.1) is 19.5 Å². The summed E-state index contributed by atoms with van der Waals surface area (Å²) in [5.41, 5.74) is 0. The molecule has 2 aliphatic rings. The summed E-state index contributed by atoms with van der Waals surface area (Å²) >= 11 is 1.94. The van der Waals surface area contributed by atoms with Crippen molar-refractivity contribution in [1.29, 1.82) is 0 Å². The number of anilines is 1. The van der Waals surface area contributed by atoms with Crippen molar-refractivity contribution < 1.29 is 9.53 Å². The van der Waals surface area contributed by atoms with Gasteiger partial charge in [0.1, 0.15) is 0 Å². The van der Waals surface area contributed by atoms with E-state index in [2.05, 4.69) is 14.9 Å². The number of carbonyl (C=O) groups is 1. The van der Waals surface area contributed by atoms with Crippen LogP contribution in [0.25, 0.3) is 0 Å². The van der Waals surface area contributed by atoms with Gasteiger partial charge in [0, 0.05) is 44.1 Å². The molecule has 2 saturated heterocycles. The Hall–Kier alpha value is -1.50. The molecule has 1 amide bonds. The van der Waals surface area contributed by atoms with Crippen LogP contribution in [0.1, 0.15) is 19.3 Å². The first kappa shape index (κ1) is 16.4. The minimum absolute atomic E-state index is 0.337. The molecule has 0 radical (unpaired) electrons. The van der Waals surface area contributed by atoms with Crippen molar-refractivity contribution in [3.63, 3.8) is 0 Å². The Balaban J connectivity index is 1.46. The molecule has 0 spiro atoms. The molecule has 0 bridgehead atoms. The van der Waals surface area contributed by atoms with E-state index in [0.717, 1.165) is 56.5 Å². The van der Waals surface area contributed by atoms with Gasteiger partial charge in [0.25, 0.3) is 0 Å². The summed E-state index contributed by atoms with van der Waals surface area (Å²) in [6.45, 7) is 3.67. The molecule has 1 aromatic rings. The first-order valence-corrected chi connectivity index (χ1v) is 9.38. The fourth-order valence-electron chi connectivity index (χ4n) is 3.10. The maximum atomic E-state index is 12.4. The number of methoxy groups -OCH3 is 1. The summed E-state index contributed by atoms with van der Waals surface area (Å²) < 4.78 is 5.09. The zero-order chi connectivity index (χ0) is 16.1. The lowest BCUT2D eigenvalue weighted by atomic mass is 9.93. The number of piperidine rings is 1. The average molecular weight is 336 g/mol. The van der Waals surface area contributed by atoms with Crippen LogP contribution in [0.5, 0.6) is 5.75 Å². The normalized spacial score (nSPS) is 19.7. The maximum Gasteiger partial charge on any atom is 0.225 e. The van der Waals surface area contributed by atoms with Crippen molar-refractivity contribution in [1.82, 2.24) is 14.9 Å². The number of aromatic nitrogens is 2. The lowest BCUT2D eigenvalue weighted by Gasteiger charge is -2.33. The van der Waals surface area contributed by atoms with E-state index in [0.29, 0.717) is 24.0 Å². The quantitative estimate of drug-likeness (QED) is 0.834. The molecule has 6 nitrogen and oxygen atoms in total. The van der Waals surface area contributed by atoms with Crippen LogP contribution >= 0.6 is 11.8 Å². The zero-order valence-corrected chi connectivity index (χ0v) is 14.4. The molecule has 1 aromatic heterocycles. The third kappa shape index (κ3) is 4.28. The van der Waals surface area contributed by atoms with Crippen LogP contribution in [0.2, 0.25) is 0 Å². The minimum atomic E-state index is 0.337. The Morgan fingerprint density at radius 2 is 1.87 bits per heavy atom. The van der Waals surface area contributed by atoms with Gasteiger partial charge >= 0.3 is 0 Å². The molecule has 3 heterocycles. The second-order valence-electron chi connectivity index (χ2n) is 6.05. The van der Waals surface area contributed by atoms with Crippen LogP contribution in [0.4, 0.5) is 5.95 Å². The second kappa shape index (κ2) is 7.86. The second-order valence-corrected chi connectivity index (χ2v) is 7.28. The van der Waals surface area contributed by atoms with Crippen LogP contribution in [0.15, 0.2) is 12.4 Å². The SMILES string of the molecule is COc1cnc(N2CCC(CC(=O)N3CCSCC3)CC2)nc1. The van der Waals surface area contributed by atoms with Gasteiger partial charge in [-0.25, -0.2) is 9.97 Å². The summed E-state index contributed by atoms with van der Waals surface area (Å²) in [5.74, 6) is 4.42. The smallest absolute Gasteiger partial charge is 0.225 e. The van der Waals surface area contributed by atoms with Crippen molar-refractivity contribution in [2.75, 3.05) is 49.7 Å². The average Bonchev–Trinajstić information content (AvgIpc) is 2.63. The third-order valence-corrected chi connectivity index (χ3v) is 5.52. The number of carbonyl (C=O) groups excluding carboxylic acids is 1. The van der Waals surface area contributed by atoms with E-state index in [1.54, 1.807) is 19.5 Å². The fraction of sp³-hybridized carbons (Fsp3) is 0.688. The highest BCUT2D eigenvalue weighted by Gasteiger charge is 2.25. The van der Waals surface area contributed by atoms with Gasteiger partial charge < -0.3 is 14.5 Å². The molecular formula is C16H24N4O2S. The third-order valence-electron chi connectivity index (χ3n) is 4.57. The van der Waals surface area contributed by atoms with E-state index in [9.17, 15) is 4.79 Å². The highest BCUT2D eigenvalue weighted by molar-refractivity contribution is 7.99.